The molecule has 1 aromatic carbocycles. The molecule has 1 aliphatic heterocycles. The molecule has 7 nitrogen and oxygen atoms in total. The van der Waals surface area contributed by atoms with Gasteiger partial charge in [0.15, 0.2) is 0 Å². The first kappa shape index (κ1) is 24.4. The number of nitrogens with two attached hydrogens (primary N) is 1. The predicted molar refractivity (Wildman–Crippen MR) is 119 cm³/mol. The predicted octanol–water partition coefficient (Wildman–Crippen LogP) is 1.79. The molecule has 1 saturated heterocycles. The summed E-state index contributed by atoms with van der Waals surface area (Å²) in [4.78, 5) is 14.2. The van der Waals surface area contributed by atoms with Gasteiger partial charge >= 0.3 is 0 Å². The number of amides is 1. The molecule has 1 amide bonds. The van der Waals surface area contributed by atoms with Crippen LogP contribution in [0, 0.1) is 18.3 Å². The molecule has 0 aromatic heterocycles. The zero-order valence-electron chi connectivity index (χ0n) is 17.9. The van der Waals surface area contributed by atoms with Crippen LogP contribution in [0.3, 0.4) is 0 Å². The molecule has 0 radical (unpaired) electrons. The smallest absolute Gasteiger partial charge is 0.253 e. The minimum atomic E-state index is -1.11. The Kier molecular flexibility index (Phi) is 9.34. The fraction of sp³-hybridized carbons (Fsp3) is 0.545. The van der Waals surface area contributed by atoms with Crippen LogP contribution in [0.2, 0.25) is 0 Å². The molecule has 0 saturated carbocycles. The summed E-state index contributed by atoms with van der Waals surface area (Å²) in [5, 5.41) is 9.11. The van der Waals surface area contributed by atoms with Crippen LogP contribution in [0.5, 0.6) is 0 Å². The summed E-state index contributed by atoms with van der Waals surface area (Å²) in [6.07, 6.45) is 3.43. The molecule has 1 atom stereocenters. The summed E-state index contributed by atoms with van der Waals surface area (Å²) in [5.74, 6) is 0.463. The maximum absolute atomic E-state index is 12.6. The number of piperidine rings is 1. The highest BCUT2D eigenvalue weighted by Gasteiger charge is 2.35. The molecular formula is C22H32N4O3S. The lowest BCUT2D eigenvalue weighted by Crippen LogP contribution is -2.51. The Morgan fingerprint density at radius 2 is 2.20 bits per heavy atom. The Labute approximate surface area is 182 Å². The summed E-state index contributed by atoms with van der Waals surface area (Å²) in [7, 11) is 1.76. The Balaban J connectivity index is 1.86. The van der Waals surface area contributed by atoms with Gasteiger partial charge in [0.1, 0.15) is 11.3 Å². The highest BCUT2D eigenvalue weighted by Crippen LogP contribution is 2.22. The number of benzene rings is 1. The third kappa shape index (κ3) is 6.83. The van der Waals surface area contributed by atoms with Crippen LogP contribution in [0.4, 0.5) is 0 Å². The van der Waals surface area contributed by atoms with Crippen molar-refractivity contribution in [3.05, 3.63) is 47.5 Å². The van der Waals surface area contributed by atoms with Crippen LogP contribution in [0.25, 0.3) is 0 Å². The van der Waals surface area contributed by atoms with Crippen LogP contribution in [0.1, 0.15) is 34.3 Å². The monoisotopic (exact) mass is 432 g/mol. The molecule has 1 heterocycles. The third-order valence-corrected chi connectivity index (χ3v) is 6.91. The van der Waals surface area contributed by atoms with Gasteiger partial charge in [0.2, 0.25) is 0 Å². The van der Waals surface area contributed by atoms with Gasteiger partial charge in [0, 0.05) is 50.0 Å². The molecule has 2 rings (SSSR count). The second-order valence-corrected chi connectivity index (χ2v) is 9.27. The van der Waals surface area contributed by atoms with Gasteiger partial charge in [-0.05, 0) is 43.0 Å². The Morgan fingerprint density at radius 1 is 1.50 bits per heavy atom. The van der Waals surface area contributed by atoms with Crippen molar-refractivity contribution < 1.29 is 14.1 Å². The molecule has 0 spiro atoms. The lowest BCUT2D eigenvalue weighted by Gasteiger charge is -2.34. The van der Waals surface area contributed by atoms with Crippen molar-refractivity contribution in [2.45, 2.75) is 31.7 Å². The summed E-state index contributed by atoms with van der Waals surface area (Å²) in [6.45, 7) is 8.17. The van der Waals surface area contributed by atoms with E-state index in [9.17, 15) is 9.35 Å². The van der Waals surface area contributed by atoms with Gasteiger partial charge < -0.3 is 19.9 Å². The van der Waals surface area contributed by atoms with E-state index >= 15 is 0 Å². The fourth-order valence-corrected chi connectivity index (χ4v) is 4.57. The van der Waals surface area contributed by atoms with Crippen molar-refractivity contribution in [1.82, 2.24) is 9.21 Å². The normalized spacial score (nSPS) is 17.2. The van der Waals surface area contributed by atoms with E-state index in [1.165, 1.54) is 0 Å². The first-order valence-electron chi connectivity index (χ1n) is 10.2. The number of likely N-dealkylation sites (N-methyl/N-ethyl adjacent to an activating group) is 1. The zero-order chi connectivity index (χ0) is 22.1. The second-order valence-electron chi connectivity index (χ2n) is 7.70. The first-order valence-corrected chi connectivity index (χ1v) is 11.4. The van der Waals surface area contributed by atoms with E-state index in [4.69, 9.17) is 15.7 Å². The molecule has 1 unspecified atom stereocenters. The SMILES string of the molecule is C=CCOCCN(C)C(=O)c1ccc(CC[S+]([O-])N2CCC(N)(C#N)CC2)c(C)c1. The number of carbonyl (C=O) groups excluding carboxylic acids is 1. The van der Waals surface area contributed by atoms with Crippen molar-refractivity contribution in [2.24, 2.45) is 5.73 Å². The van der Waals surface area contributed by atoms with Gasteiger partial charge in [-0.15, -0.1) is 10.9 Å². The number of hydrogen-bond donors (Lipinski definition) is 1. The van der Waals surface area contributed by atoms with Crippen LogP contribution < -0.4 is 5.73 Å². The van der Waals surface area contributed by atoms with E-state index in [2.05, 4.69) is 12.6 Å². The Bertz CT molecular complexity index is 772. The number of carbonyl (C=O) groups is 1. The molecule has 0 aliphatic carbocycles. The number of nitriles is 1. The molecule has 30 heavy (non-hydrogen) atoms. The minimum absolute atomic E-state index is 0.0495. The highest BCUT2D eigenvalue weighted by atomic mass is 32.2. The Hall–Kier alpha value is -1.89. The maximum atomic E-state index is 12.6. The van der Waals surface area contributed by atoms with Crippen molar-refractivity contribution in [1.29, 1.82) is 5.26 Å². The topological polar surface area (TPSA) is 106 Å². The molecule has 1 aliphatic rings. The molecular weight excluding hydrogens is 400 g/mol. The van der Waals surface area contributed by atoms with Gasteiger partial charge in [-0.1, -0.05) is 12.1 Å². The Morgan fingerprint density at radius 3 is 2.80 bits per heavy atom. The van der Waals surface area contributed by atoms with E-state index in [-0.39, 0.29) is 5.91 Å². The number of nitrogens with zero attached hydrogens (tertiary/aromatic N) is 3. The summed E-state index contributed by atoms with van der Waals surface area (Å²) in [6, 6.07) is 7.81. The lowest BCUT2D eigenvalue weighted by atomic mass is 9.91. The van der Waals surface area contributed by atoms with E-state index in [1.807, 2.05) is 29.4 Å². The molecule has 1 aromatic rings. The first-order chi connectivity index (χ1) is 14.3. The minimum Gasteiger partial charge on any atom is -0.598 e. The average Bonchev–Trinajstić information content (AvgIpc) is 2.75. The van der Waals surface area contributed by atoms with E-state index in [0.717, 1.165) is 11.1 Å². The maximum Gasteiger partial charge on any atom is 0.253 e. The van der Waals surface area contributed by atoms with Crippen LogP contribution in [0.15, 0.2) is 30.9 Å². The quantitative estimate of drug-likeness (QED) is 0.343. The average molecular weight is 433 g/mol. The number of rotatable bonds is 10. The van der Waals surface area contributed by atoms with Gasteiger partial charge in [0.25, 0.3) is 5.91 Å². The lowest BCUT2D eigenvalue weighted by molar-refractivity contribution is 0.0723. The number of hydrogen-bond acceptors (Lipinski definition) is 6. The largest absolute Gasteiger partial charge is 0.598 e. The summed E-state index contributed by atoms with van der Waals surface area (Å²) < 4.78 is 19.9. The fourth-order valence-electron chi connectivity index (χ4n) is 3.33. The highest BCUT2D eigenvalue weighted by molar-refractivity contribution is 7.89. The van der Waals surface area contributed by atoms with E-state index in [1.54, 1.807) is 18.0 Å². The molecule has 164 valence electrons. The van der Waals surface area contributed by atoms with Gasteiger partial charge in [-0.3, -0.25) is 4.79 Å². The summed E-state index contributed by atoms with van der Waals surface area (Å²) in [5.41, 5.74) is 7.92. The molecule has 8 heteroatoms. The van der Waals surface area contributed by atoms with Gasteiger partial charge in [-0.25, -0.2) is 0 Å². The van der Waals surface area contributed by atoms with Gasteiger partial charge in [0.05, 0.1) is 19.3 Å². The van der Waals surface area contributed by atoms with E-state index < -0.39 is 16.9 Å². The number of ether oxygens (including phenoxy) is 1. The second kappa shape index (κ2) is 11.5. The van der Waals surface area contributed by atoms with Crippen molar-refractivity contribution in [2.75, 3.05) is 45.6 Å². The van der Waals surface area contributed by atoms with Crippen molar-refractivity contribution >= 4 is 17.3 Å². The van der Waals surface area contributed by atoms with Crippen LogP contribution >= 0.6 is 0 Å². The van der Waals surface area contributed by atoms with Crippen molar-refractivity contribution in [3.63, 3.8) is 0 Å². The molecule has 0 bridgehead atoms. The van der Waals surface area contributed by atoms with Crippen LogP contribution in [-0.2, 0) is 22.5 Å². The van der Waals surface area contributed by atoms with Gasteiger partial charge in [-0.2, -0.15) is 5.26 Å². The molecule has 2 N–H and O–H groups in total. The van der Waals surface area contributed by atoms with Crippen LogP contribution in [-0.4, -0.2) is 70.9 Å². The third-order valence-electron chi connectivity index (χ3n) is 5.41. The zero-order valence-corrected chi connectivity index (χ0v) is 18.7. The summed E-state index contributed by atoms with van der Waals surface area (Å²) >= 11 is -1.11. The standard InChI is InChI=1S/C22H32N4O3S/c1-4-13-29-14-12-25(3)21(27)20-6-5-19(18(2)16-20)7-15-30(28)26-10-8-22(24,17-23)9-11-26/h4-6,16H,1,7-15,24H2,2-3H3. The number of aryl methyl sites for hydroxylation is 2. The van der Waals surface area contributed by atoms with Crippen molar-refractivity contribution in [3.8, 4) is 6.07 Å². The molecule has 1 fully saturated rings. The van der Waals surface area contributed by atoms with E-state index in [0.29, 0.717) is 63.4 Å².